The van der Waals surface area contributed by atoms with Crippen LogP contribution in [-0.4, -0.2) is 22.9 Å². The van der Waals surface area contributed by atoms with Gasteiger partial charge in [0, 0.05) is 0 Å². The minimum Gasteiger partial charge on any atom is -0.412 e. The van der Waals surface area contributed by atoms with Crippen LogP contribution >= 0.6 is 0 Å². The number of halogens is 2. The number of alkyl halides is 1. The highest BCUT2D eigenvalue weighted by Gasteiger charge is 2.38. The highest BCUT2D eigenvalue weighted by Crippen LogP contribution is 2.44. The summed E-state index contributed by atoms with van der Waals surface area (Å²) >= 11 is 0. The Bertz CT molecular complexity index is 405. The summed E-state index contributed by atoms with van der Waals surface area (Å²) in [5.74, 6) is 3.12. The Morgan fingerprint density at radius 1 is 0.960 bits per heavy atom. The van der Waals surface area contributed by atoms with Gasteiger partial charge in [-0.15, -0.1) is 0 Å². The Labute approximate surface area is 153 Å². The van der Waals surface area contributed by atoms with E-state index in [1.807, 2.05) is 6.92 Å². The van der Waals surface area contributed by atoms with Crippen molar-refractivity contribution in [3.63, 3.8) is 0 Å². The van der Waals surface area contributed by atoms with Crippen LogP contribution in [0, 0.1) is 29.6 Å². The van der Waals surface area contributed by atoms with E-state index in [4.69, 9.17) is 0 Å². The van der Waals surface area contributed by atoms with Gasteiger partial charge in [0.25, 0.3) is 0 Å². The molecule has 0 radical (unpaired) electrons. The molecule has 3 rings (SSSR count). The predicted molar refractivity (Wildman–Crippen MR) is 102 cm³/mol. The third-order valence-corrected chi connectivity index (χ3v) is 6.97. The topological polar surface area (TPSA) is 51.7 Å². The average Bonchev–Trinajstić information content (AvgIpc) is 2.54. The molecule has 25 heavy (non-hydrogen) atoms. The second kappa shape index (κ2) is 10.6. The Morgan fingerprint density at radius 3 is 2.16 bits per heavy atom. The Morgan fingerprint density at radius 2 is 1.60 bits per heavy atom. The van der Waals surface area contributed by atoms with Crippen molar-refractivity contribution >= 4 is 0 Å². The van der Waals surface area contributed by atoms with E-state index >= 15 is 0 Å². The number of allylic oxidation sites excluding steroid dienone is 2. The van der Waals surface area contributed by atoms with Crippen LogP contribution in [0.15, 0.2) is 11.6 Å². The predicted octanol–water partition coefficient (Wildman–Crippen LogP) is 5.25. The summed E-state index contributed by atoms with van der Waals surface area (Å²) in [6.45, 7) is 4.38. The molecule has 5 unspecified atom stereocenters. The largest absolute Gasteiger partial charge is 0.412 e. The van der Waals surface area contributed by atoms with Gasteiger partial charge in [0.2, 0.25) is 0 Å². The van der Waals surface area contributed by atoms with Gasteiger partial charge < -0.3 is 10.6 Å². The van der Waals surface area contributed by atoms with Gasteiger partial charge >= 0.3 is 0 Å². The summed E-state index contributed by atoms with van der Waals surface area (Å²) < 4.78 is 14.1. The van der Waals surface area contributed by atoms with Crippen LogP contribution in [0.25, 0.3) is 0 Å². The van der Waals surface area contributed by atoms with Crippen LogP contribution in [0.2, 0.25) is 0 Å². The van der Waals surface area contributed by atoms with Gasteiger partial charge in [0.05, 0.1) is 6.10 Å². The molecule has 0 aromatic rings. The molecule has 3 aliphatic carbocycles. The molecule has 0 amide bonds. The van der Waals surface area contributed by atoms with E-state index in [1.165, 1.54) is 50.5 Å². The zero-order valence-corrected chi connectivity index (χ0v) is 15.2. The molecule has 3 N–H and O–H groups in total. The van der Waals surface area contributed by atoms with Crippen molar-refractivity contribution in [3.8, 4) is 0 Å². The molecule has 150 valence electrons. The quantitative estimate of drug-likeness (QED) is 0.670. The maximum atomic E-state index is 14.1. The fourth-order valence-electron chi connectivity index (χ4n) is 5.26. The van der Waals surface area contributed by atoms with Crippen LogP contribution < -0.4 is 0 Å². The molecule has 0 saturated heterocycles. The first kappa shape index (κ1) is 24.5. The standard InChI is InChI=1S/C20H33FO.CH4.FH.H2O/c1-13-3-5-15(6-4-13)16-7-9-17(10-8-16)18-11-12-19(22)20(21)14(18)2;;;/h9,13-16,18-20,22H,3-8,10-12H2,1-2H3;1H4;1H;1H2. The summed E-state index contributed by atoms with van der Waals surface area (Å²) in [5, 5.41) is 9.70. The number of hydrogen-bond acceptors (Lipinski definition) is 1. The first-order valence-electron chi connectivity index (χ1n) is 9.57. The molecule has 0 heterocycles. The van der Waals surface area contributed by atoms with Gasteiger partial charge in [-0.2, -0.15) is 0 Å². The fourth-order valence-corrected chi connectivity index (χ4v) is 5.26. The summed E-state index contributed by atoms with van der Waals surface area (Å²) in [7, 11) is 0. The maximum Gasteiger partial charge on any atom is 0.129 e. The van der Waals surface area contributed by atoms with E-state index in [1.54, 1.807) is 0 Å². The SMILES string of the molecule is C.CC1CCC(C2CC=C(C3CCC(O)C(F)C3C)CC2)CC1.F.O. The van der Waals surface area contributed by atoms with Gasteiger partial charge in [0.15, 0.2) is 0 Å². The van der Waals surface area contributed by atoms with Gasteiger partial charge in [-0.05, 0) is 74.5 Å². The molecule has 5 atom stereocenters. The van der Waals surface area contributed by atoms with Crippen molar-refractivity contribution in [2.45, 2.75) is 91.3 Å². The molecule has 2 fully saturated rings. The Kier molecular flexibility index (Phi) is 10.4. The van der Waals surface area contributed by atoms with Crippen molar-refractivity contribution in [1.29, 1.82) is 0 Å². The first-order valence-corrected chi connectivity index (χ1v) is 9.57. The second-order valence-corrected chi connectivity index (χ2v) is 8.39. The smallest absolute Gasteiger partial charge is 0.129 e. The number of aliphatic hydroxyl groups is 1. The minimum atomic E-state index is -1.03. The van der Waals surface area contributed by atoms with Gasteiger partial charge in [0.1, 0.15) is 6.17 Å². The molecule has 0 bridgehead atoms. The Hall–Kier alpha value is -0.480. The molecule has 0 aromatic carbocycles. The number of rotatable bonds is 2. The zero-order chi connectivity index (χ0) is 15.7. The van der Waals surface area contributed by atoms with Gasteiger partial charge in [-0.3, -0.25) is 4.70 Å². The highest BCUT2D eigenvalue weighted by molar-refractivity contribution is 5.14. The van der Waals surface area contributed by atoms with Crippen LogP contribution in [0.4, 0.5) is 9.09 Å². The molecule has 0 spiro atoms. The van der Waals surface area contributed by atoms with Crippen molar-refractivity contribution in [1.82, 2.24) is 0 Å². The minimum absolute atomic E-state index is 0. The second-order valence-electron chi connectivity index (χ2n) is 8.39. The molecular weight excluding hydrogens is 322 g/mol. The normalized spacial score (nSPS) is 41.4. The molecular formula is C21H40F2O2. The lowest BCUT2D eigenvalue weighted by atomic mass is 9.67. The maximum absolute atomic E-state index is 14.1. The Balaban J connectivity index is 0.00000192. The lowest BCUT2D eigenvalue weighted by molar-refractivity contribution is -0.00639. The van der Waals surface area contributed by atoms with Crippen molar-refractivity contribution in [3.05, 3.63) is 11.6 Å². The molecule has 2 nitrogen and oxygen atoms in total. The lowest BCUT2D eigenvalue weighted by Crippen LogP contribution is -2.39. The molecule has 3 aliphatic rings. The van der Waals surface area contributed by atoms with E-state index in [9.17, 15) is 9.50 Å². The first-order chi connectivity index (χ1) is 10.6. The van der Waals surface area contributed by atoms with Crippen LogP contribution in [0.1, 0.15) is 79.1 Å². The molecule has 0 aliphatic heterocycles. The summed E-state index contributed by atoms with van der Waals surface area (Å²) in [6, 6.07) is 0. The lowest BCUT2D eigenvalue weighted by Gasteiger charge is -2.40. The van der Waals surface area contributed by atoms with Crippen LogP contribution in [0.5, 0.6) is 0 Å². The zero-order valence-electron chi connectivity index (χ0n) is 15.2. The van der Waals surface area contributed by atoms with Crippen LogP contribution in [-0.2, 0) is 0 Å². The third-order valence-electron chi connectivity index (χ3n) is 6.97. The average molecular weight is 363 g/mol. The molecule has 0 aromatic heterocycles. The van der Waals surface area contributed by atoms with E-state index in [2.05, 4.69) is 13.0 Å². The summed E-state index contributed by atoms with van der Waals surface area (Å²) in [4.78, 5) is 0. The van der Waals surface area contributed by atoms with E-state index in [0.717, 1.165) is 24.2 Å². The summed E-state index contributed by atoms with van der Waals surface area (Å²) in [5.41, 5.74) is 1.50. The van der Waals surface area contributed by atoms with E-state index in [-0.39, 0.29) is 23.5 Å². The molecule has 2 saturated carbocycles. The number of aliphatic hydroxyl groups excluding tert-OH is 1. The highest BCUT2D eigenvalue weighted by atomic mass is 19.1. The number of hydrogen-bond donors (Lipinski definition) is 1. The monoisotopic (exact) mass is 362 g/mol. The van der Waals surface area contributed by atoms with Gasteiger partial charge in [-0.25, -0.2) is 4.39 Å². The van der Waals surface area contributed by atoms with E-state index < -0.39 is 12.3 Å². The third kappa shape index (κ3) is 5.50. The van der Waals surface area contributed by atoms with Gasteiger partial charge in [-0.1, -0.05) is 45.8 Å². The molecule has 4 heteroatoms. The van der Waals surface area contributed by atoms with Crippen molar-refractivity contribution in [2.75, 3.05) is 0 Å². The van der Waals surface area contributed by atoms with Crippen molar-refractivity contribution in [2.24, 2.45) is 29.6 Å². The van der Waals surface area contributed by atoms with Crippen LogP contribution in [0.3, 0.4) is 0 Å². The van der Waals surface area contributed by atoms with Crippen molar-refractivity contribution < 1.29 is 19.7 Å². The summed E-state index contributed by atoms with van der Waals surface area (Å²) in [6.07, 6.45) is 11.7. The van der Waals surface area contributed by atoms with E-state index in [0.29, 0.717) is 12.3 Å². The fraction of sp³-hybridized carbons (Fsp3) is 0.905.